The summed E-state index contributed by atoms with van der Waals surface area (Å²) in [4.78, 5) is 15.2. The summed E-state index contributed by atoms with van der Waals surface area (Å²) in [5.41, 5.74) is 4.84. The van der Waals surface area contributed by atoms with E-state index in [1.54, 1.807) is 0 Å². The summed E-state index contributed by atoms with van der Waals surface area (Å²) in [5, 5.41) is 13.0. The smallest absolute Gasteiger partial charge is 0.238 e. The molecule has 0 saturated heterocycles. The van der Waals surface area contributed by atoms with Gasteiger partial charge in [-0.3, -0.25) is 9.69 Å². The monoisotopic (exact) mass is 436 g/mol. The Morgan fingerprint density at radius 2 is 1.58 bits per heavy atom. The molecule has 0 aliphatic heterocycles. The van der Waals surface area contributed by atoms with Gasteiger partial charge in [-0.15, -0.1) is 0 Å². The van der Waals surface area contributed by atoms with Crippen LogP contribution in [0.2, 0.25) is 5.02 Å². The molecule has 0 atom stereocenters. The molecule has 3 aromatic rings. The zero-order chi connectivity index (χ0) is 22.2. The van der Waals surface area contributed by atoms with Gasteiger partial charge in [0, 0.05) is 13.2 Å². The third-order valence-electron chi connectivity index (χ3n) is 5.24. The molecular formula is C26H29ClN2O2. The summed E-state index contributed by atoms with van der Waals surface area (Å²) in [7, 11) is 0. The van der Waals surface area contributed by atoms with E-state index >= 15 is 0 Å². The average molecular weight is 437 g/mol. The summed E-state index contributed by atoms with van der Waals surface area (Å²) in [6, 6.07) is 24.0. The van der Waals surface area contributed by atoms with E-state index in [4.69, 9.17) is 11.6 Å². The van der Waals surface area contributed by atoms with E-state index in [9.17, 15) is 9.90 Å². The van der Waals surface area contributed by atoms with Crippen molar-refractivity contribution in [2.75, 3.05) is 25.0 Å². The van der Waals surface area contributed by atoms with Crippen LogP contribution in [-0.2, 0) is 4.79 Å². The number of rotatable bonds is 9. The highest BCUT2D eigenvalue weighted by molar-refractivity contribution is 6.34. The lowest BCUT2D eigenvalue weighted by Gasteiger charge is -2.32. The van der Waals surface area contributed by atoms with Crippen molar-refractivity contribution in [1.29, 1.82) is 0 Å². The van der Waals surface area contributed by atoms with Gasteiger partial charge >= 0.3 is 0 Å². The molecule has 31 heavy (non-hydrogen) atoms. The Balaban J connectivity index is 1.89. The number of aliphatic hydroxyl groups excluding tert-OH is 1. The number of anilines is 1. The third kappa shape index (κ3) is 6.17. The molecule has 0 radical (unpaired) electrons. The Morgan fingerprint density at radius 1 is 1.00 bits per heavy atom. The highest BCUT2D eigenvalue weighted by atomic mass is 35.5. The van der Waals surface area contributed by atoms with Gasteiger partial charge in [-0.1, -0.05) is 78.3 Å². The van der Waals surface area contributed by atoms with Gasteiger partial charge in [-0.05, 0) is 48.6 Å². The van der Waals surface area contributed by atoms with Crippen LogP contribution in [0.1, 0.15) is 34.7 Å². The molecule has 3 aromatic carbocycles. The first-order chi connectivity index (χ1) is 15.0. The van der Waals surface area contributed by atoms with Gasteiger partial charge < -0.3 is 10.4 Å². The molecule has 2 N–H and O–H groups in total. The van der Waals surface area contributed by atoms with Crippen LogP contribution >= 0.6 is 11.6 Å². The maximum absolute atomic E-state index is 13.1. The average Bonchev–Trinajstić information content (AvgIpc) is 2.76. The van der Waals surface area contributed by atoms with Crippen molar-refractivity contribution >= 4 is 23.2 Å². The number of aryl methyl sites for hydroxylation is 2. The molecule has 0 aliphatic rings. The fourth-order valence-corrected chi connectivity index (χ4v) is 4.26. The SMILES string of the molecule is Cc1cc(C)c(NC(=O)CN(CCCO)C(c2ccccc2)c2ccccc2)c(Cl)c1. The number of benzene rings is 3. The predicted octanol–water partition coefficient (Wildman–Crippen LogP) is 5.37. The van der Waals surface area contributed by atoms with Crippen LogP contribution in [0.4, 0.5) is 5.69 Å². The molecule has 0 unspecified atom stereocenters. The summed E-state index contributed by atoms with van der Waals surface area (Å²) in [6.45, 7) is 4.74. The number of aliphatic hydroxyl groups is 1. The van der Waals surface area contributed by atoms with Crippen LogP contribution in [-0.4, -0.2) is 35.6 Å². The van der Waals surface area contributed by atoms with Crippen molar-refractivity contribution < 1.29 is 9.90 Å². The van der Waals surface area contributed by atoms with Gasteiger partial charge in [0.05, 0.1) is 23.3 Å². The number of carbonyl (C=O) groups excluding carboxylic acids is 1. The quantitative estimate of drug-likeness (QED) is 0.474. The molecule has 0 heterocycles. The molecule has 162 valence electrons. The van der Waals surface area contributed by atoms with Gasteiger partial charge in [0.1, 0.15) is 0 Å². The van der Waals surface area contributed by atoms with Crippen LogP contribution < -0.4 is 5.32 Å². The number of halogens is 1. The largest absolute Gasteiger partial charge is 0.396 e. The number of nitrogens with one attached hydrogen (secondary N) is 1. The second-order valence-corrected chi connectivity index (χ2v) is 8.17. The molecule has 0 aliphatic carbocycles. The minimum absolute atomic E-state index is 0.0668. The van der Waals surface area contributed by atoms with Crippen molar-refractivity contribution in [3.05, 3.63) is 100 Å². The van der Waals surface area contributed by atoms with Gasteiger partial charge in [0.15, 0.2) is 0 Å². The minimum atomic E-state index is -0.136. The number of hydrogen-bond donors (Lipinski definition) is 2. The molecule has 0 aromatic heterocycles. The van der Waals surface area contributed by atoms with Gasteiger partial charge in [0.2, 0.25) is 5.91 Å². The lowest BCUT2D eigenvalue weighted by Crippen LogP contribution is -2.38. The van der Waals surface area contributed by atoms with Gasteiger partial charge in [0.25, 0.3) is 0 Å². The summed E-state index contributed by atoms with van der Waals surface area (Å²) in [6.07, 6.45) is 0.577. The zero-order valence-corrected chi connectivity index (χ0v) is 18.8. The van der Waals surface area contributed by atoms with Crippen molar-refractivity contribution in [2.45, 2.75) is 26.3 Å². The lowest BCUT2D eigenvalue weighted by molar-refractivity contribution is -0.117. The molecule has 3 rings (SSSR count). The van der Waals surface area contributed by atoms with E-state index in [2.05, 4.69) is 34.5 Å². The molecule has 4 nitrogen and oxygen atoms in total. The maximum Gasteiger partial charge on any atom is 0.238 e. The lowest BCUT2D eigenvalue weighted by atomic mass is 9.96. The van der Waals surface area contributed by atoms with Crippen molar-refractivity contribution in [3.63, 3.8) is 0 Å². The predicted molar refractivity (Wildman–Crippen MR) is 128 cm³/mol. The van der Waals surface area contributed by atoms with Crippen molar-refractivity contribution in [2.24, 2.45) is 0 Å². The summed E-state index contributed by atoms with van der Waals surface area (Å²) in [5.74, 6) is -0.136. The molecule has 5 heteroatoms. The fraction of sp³-hybridized carbons (Fsp3) is 0.269. The Labute approximate surface area is 189 Å². The van der Waals surface area contributed by atoms with Crippen molar-refractivity contribution in [3.8, 4) is 0 Å². The number of carbonyl (C=O) groups is 1. The second-order valence-electron chi connectivity index (χ2n) is 7.76. The maximum atomic E-state index is 13.1. The zero-order valence-electron chi connectivity index (χ0n) is 18.0. The Bertz CT molecular complexity index is 930. The van der Waals surface area contributed by atoms with E-state index < -0.39 is 0 Å². The highest BCUT2D eigenvalue weighted by Crippen LogP contribution is 2.30. The number of nitrogens with zero attached hydrogens (tertiary/aromatic N) is 1. The van der Waals surface area contributed by atoms with E-state index in [0.29, 0.717) is 23.7 Å². The Morgan fingerprint density at radius 3 is 2.10 bits per heavy atom. The number of amides is 1. The van der Waals surface area contributed by atoms with Crippen LogP contribution in [0.25, 0.3) is 0 Å². The normalized spacial score (nSPS) is 11.2. The Kier molecular flexibility index (Phi) is 8.24. The van der Waals surface area contributed by atoms with E-state index in [1.165, 1.54) is 0 Å². The molecule has 0 spiro atoms. The number of hydrogen-bond acceptors (Lipinski definition) is 3. The molecule has 0 saturated carbocycles. The standard InChI is InChI=1S/C26H29ClN2O2/c1-19-16-20(2)25(23(27)17-19)28-24(31)18-29(14-9-15-30)26(21-10-5-3-6-11-21)22-12-7-4-8-13-22/h3-8,10-13,16-17,26,30H,9,14-15,18H2,1-2H3,(H,28,31). The highest BCUT2D eigenvalue weighted by Gasteiger charge is 2.24. The summed E-state index contributed by atoms with van der Waals surface area (Å²) < 4.78 is 0. The van der Waals surface area contributed by atoms with Crippen LogP contribution in [0.15, 0.2) is 72.8 Å². The third-order valence-corrected chi connectivity index (χ3v) is 5.54. The minimum Gasteiger partial charge on any atom is -0.396 e. The van der Waals surface area contributed by atoms with Crippen LogP contribution in [0, 0.1) is 13.8 Å². The first-order valence-corrected chi connectivity index (χ1v) is 10.9. The first kappa shape index (κ1) is 23.0. The molecule has 1 amide bonds. The molecular weight excluding hydrogens is 408 g/mol. The fourth-order valence-electron chi connectivity index (χ4n) is 3.90. The van der Waals surface area contributed by atoms with E-state index in [1.807, 2.05) is 62.4 Å². The van der Waals surface area contributed by atoms with E-state index in [0.717, 1.165) is 22.3 Å². The van der Waals surface area contributed by atoms with Gasteiger partial charge in [-0.2, -0.15) is 0 Å². The Hall–Kier alpha value is -2.66. The van der Waals surface area contributed by atoms with Crippen molar-refractivity contribution in [1.82, 2.24) is 4.90 Å². The van der Waals surface area contributed by atoms with Crippen LogP contribution in [0.3, 0.4) is 0 Å². The van der Waals surface area contributed by atoms with E-state index in [-0.39, 0.29) is 25.1 Å². The molecule has 0 fully saturated rings. The topological polar surface area (TPSA) is 52.6 Å². The van der Waals surface area contributed by atoms with Crippen LogP contribution in [0.5, 0.6) is 0 Å². The summed E-state index contributed by atoms with van der Waals surface area (Å²) >= 11 is 6.39. The second kappa shape index (κ2) is 11.1. The van der Waals surface area contributed by atoms with Gasteiger partial charge in [-0.25, -0.2) is 0 Å². The first-order valence-electron chi connectivity index (χ1n) is 10.5. The molecule has 0 bridgehead atoms.